The topological polar surface area (TPSA) is 38.5 Å². The van der Waals surface area contributed by atoms with Gasteiger partial charge in [-0.2, -0.15) is 0 Å². The van der Waals surface area contributed by atoms with Crippen molar-refractivity contribution in [3.05, 3.63) is 28.2 Å². The molecule has 0 amide bonds. The minimum atomic E-state index is 0.0480. The molecule has 20 heavy (non-hydrogen) atoms. The summed E-state index contributed by atoms with van der Waals surface area (Å²) < 4.78 is 6.25. The molecule has 0 saturated carbocycles. The molecule has 0 saturated heterocycles. The number of halogens is 1. The average molecular weight is 343 g/mol. The van der Waals surface area contributed by atoms with E-state index in [0.29, 0.717) is 0 Å². The van der Waals surface area contributed by atoms with E-state index in [9.17, 15) is 0 Å². The summed E-state index contributed by atoms with van der Waals surface area (Å²) in [4.78, 5) is 2.27. The molecule has 114 valence electrons. The monoisotopic (exact) mass is 342 g/mol. The molecule has 1 atom stereocenters. The zero-order valence-electron chi connectivity index (χ0n) is 13.2. The third-order valence-corrected chi connectivity index (χ3v) is 5.10. The van der Waals surface area contributed by atoms with E-state index in [1.807, 2.05) is 6.07 Å². The Morgan fingerprint density at radius 3 is 2.30 bits per heavy atom. The zero-order chi connectivity index (χ0) is 15.3. The summed E-state index contributed by atoms with van der Waals surface area (Å²) >= 11 is 3.53. The van der Waals surface area contributed by atoms with Gasteiger partial charge in [-0.25, -0.2) is 0 Å². The Hall–Kier alpha value is -0.580. The molecule has 1 aromatic carbocycles. The predicted octanol–water partition coefficient (Wildman–Crippen LogP) is 3.45. The van der Waals surface area contributed by atoms with Crippen LogP contribution in [0.3, 0.4) is 0 Å². The van der Waals surface area contributed by atoms with Crippen molar-refractivity contribution in [1.82, 2.24) is 4.90 Å². The Bertz CT molecular complexity index is 430. The Morgan fingerprint density at radius 2 is 1.90 bits per heavy atom. The van der Waals surface area contributed by atoms with Crippen molar-refractivity contribution in [2.24, 2.45) is 5.73 Å². The highest BCUT2D eigenvalue weighted by atomic mass is 79.9. The molecule has 1 unspecified atom stereocenters. The Kier molecular flexibility index (Phi) is 6.49. The van der Waals surface area contributed by atoms with E-state index in [1.165, 1.54) is 5.56 Å². The lowest BCUT2D eigenvalue weighted by atomic mass is 9.81. The Balaban J connectivity index is 2.93. The molecule has 4 heteroatoms. The fourth-order valence-corrected chi connectivity index (χ4v) is 3.61. The van der Waals surface area contributed by atoms with Gasteiger partial charge in [0.1, 0.15) is 5.75 Å². The highest BCUT2D eigenvalue weighted by Gasteiger charge is 2.35. The van der Waals surface area contributed by atoms with Crippen LogP contribution in [-0.2, 0) is 6.42 Å². The van der Waals surface area contributed by atoms with Crippen molar-refractivity contribution in [1.29, 1.82) is 0 Å². The number of likely N-dealkylation sites (N-methyl/N-ethyl adjacent to an activating group) is 1. The first-order valence-electron chi connectivity index (χ1n) is 7.16. The van der Waals surface area contributed by atoms with Crippen molar-refractivity contribution in [2.75, 3.05) is 21.2 Å². The van der Waals surface area contributed by atoms with Gasteiger partial charge in [-0.1, -0.05) is 19.9 Å². The van der Waals surface area contributed by atoms with E-state index in [0.717, 1.165) is 29.5 Å². The predicted molar refractivity (Wildman–Crippen MR) is 89.4 cm³/mol. The van der Waals surface area contributed by atoms with Crippen LogP contribution in [0.2, 0.25) is 0 Å². The minimum absolute atomic E-state index is 0.0480. The van der Waals surface area contributed by atoms with Gasteiger partial charge in [-0.15, -0.1) is 0 Å². The summed E-state index contributed by atoms with van der Waals surface area (Å²) in [5, 5.41) is 0. The van der Waals surface area contributed by atoms with Crippen molar-refractivity contribution in [3.63, 3.8) is 0 Å². The van der Waals surface area contributed by atoms with E-state index >= 15 is 0 Å². The second kappa shape index (κ2) is 7.43. The molecule has 0 aliphatic carbocycles. The van der Waals surface area contributed by atoms with Gasteiger partial charge < -0.3 is 15.4 Å². The first-order valence-corrected chi connectivity index (χ1v) is 7.96. The third kappa shape index (κ3) is 3.54. The molecule has 0 aliphatic heterocycles. The largest absolute Gasteiger partial charge is 0.496 e. The molecule has 1 rings (SSSR count). The number of benzene rings is 1. The molecule has 0 aromatic heterocycles. The molecule has 0 fully saturated rings. The highest BCUT2D eigenvalue weighted by Crippen LogP contribution is 2.29. The number of hydrogen-bond acceptors (Lipinski definition) is 3. The summed E-state index contributed by atoms with van der Waals surface area (Å²) in [7, 11) is 5.92. The standard InChI is InChI=1S/C16H27BrN2O/c1-6-16(7-2,19(3)4)15(18)11-12-8-9-14(20-5)13(17)10-12/h8-10,15H,6-7,11,18H2,1-5H3. The van der Waals surface area contributed by atoms with E-state index in [2.05, 4.69) is 60.9 Å². The van der Waals surface area contributed by atoms with Gasteiger partial charge in [-0.3, -0.25) is 0 Å². The molecule has 0 radical (unpaired) electrons. The summed E-state index contributed by atoms with van der Waals surface area (Å²) in [5.74, 6) is 0.854. The maximum absolute atomic E-state index is 6.54. The highest BCUT2D eigenvalue weighted by molar-refractivity contribution is 9.10. The van der Waals surface area contributed by atoms with E-state index < -0.39 is 0 Å². The smallest absolute Gasteiger partial charge is 0.133 e. The van der Waals surface area contributed by atoms with Gasteiger partial charge in [0.2, 0.25) is 0 Å². The fraction of sp³-hybridized carbons (Fsp3) is 0.625. The average Bonchev–Trinajstić information content (AvgIpc) is 2.40. The van der Waals surface area contributed by atoms with E-state index in [1.54, 1.807) is 7.11 Å². The van der Waals surface area contributed by atoms with Crippen LogP contribution in [0.15, 0.2) is 22.7 Å². The first kappa shape index (κ1) is 17.5. The number of nitrogens with zero attached hydrogens (tertiary/aromatic N) is 1. The molecule has 1 aromatic rings. The molecule has 0 bridgehead atoms. The molecular weight excluding hydrogens is 316 g/mol. The van der Waals surface area contributed by atoms with Crippen molar-refractivity contribution in [3.8, 4) is 5.75 Å². The van der Waals surface area contributed by atoms with Gasteiger partial charge >= 0.3 is 0 Å². The lowest BCUT2D eigenvalue weighted by molar-refractivity contribution is 0.105. The zero-order valence-corrected chi connectivity index (χ0v) is 14.8. The van der Waals surface area contributed by atoms with Crippen LogP contribution in [0, 0.1) is 0 Å². The second-order valence-electron chi connectivity index (χ2n) is 5.48. The van der Waals surface area contributed by atoms with Crippen LogP contribution in [0.4, 0.5) is 0 Å². The van der Waals surface area contributed by atoms with E-state index in [-0.39, 0.29) is 11.6 Å². The van der Waals surface area contributed by atoms with Gasteiger partial charge in [0, 0.05) is 11.6 Å². The van der Waals surface area contributed by atoms with Crippen LogP contribution in [-0.4, -0.2) is 37.7 Å². The van der Waals surface area contributed by atoms with Crippen LogP contribution < -0.4 is 10.5 Å². The Labute approximate surface area is 131 Å². The number of ether oxygens (including phenoxy) is 1. The lowest BCUT2D eigenvalue weighted by Gasteiger charge is -2.43. The van der Waals surface area contributed by atoms with Crippen molar-refractivity contribution >= 4 is 15.9 Å². The molecule has 0 spiro atoms. The number of rotatable bonds is 7. The molecule has 2 N–H and O–H groups in total. The summed E-state index contributed by atoms with van der Waals surface area (Å²) in [6, 6.07) is 6.29. The lowest BCUT2D eigenvalue weighted by Crippen LogP contribution is -2.57. The van der Waals surface area contributed by atoms with Gasteiger partial charge in [-0.05, 0) is 67.0 Å². The Morgan fingerprint density at radius 1 is 1.30 bits per heavy atom. The van der Waals surface area contributed by atoms with Crippen LogP contribution in [0.1, 0.15) is 32.3 Å². The molecule has 3 nitrogen and oxygen atoms in total. The minimum Gasteiger partial charge on any atom is -0.496 e. The molecular formula is C16H27BrN2O. The molecule has 0 heterocycles. The molecule has 0 aliphatic rings. The van der Waals surface area contributed by atoms with Gasteiger partial charge in [0.15, 0.2) is 0 Å². The first-order chi connectivity index (χ1) is 9.41. The maximum atomic E-state index is 6.54. The number of hydrogen-bond donors (Lipinski definition) is 1. The number of nitrogens with two attached hydrogens (primary N) is 1. The van der Waals surface area contributed by atoms with Gasteiger partial charge in [0.05, 0.1) is 11.6 Å². The number of methoxy groups -OCH3 is 1. The SMILES string of the molecule is CCC(CC)(C(N)Cc1ccc(OC)c(Br)c1)N(C)C. The second-order valence-corrected chi connectivity index (χ2v) is 6.34. The third-order valence-electron chi connectivity index (χ3n) is 4.48. The van der Waals surface area contributed by atoms with Crippen molar-refractivity contribution < 1.29 is 4.74 Å². The van der Waals surface area contributed by atoms with Gasteiger partial charge in [0.25, 0.3) is 0 Å². The summed E-state index contributed by atoms with van der Waals surface area (Å²) in [5.41, 5.74) is 7.82. The summed E-state index contributed by atoms with van der Waals surface area (Å²) in [6.45, 7) is 4.43. The van der Waals surface area contributed by atoms with Crippen LogP contribution in [0.5, 0.6) is 5.75 Å². The van der Waals surface area contributed by atoms with E-state index in [4.69, 9.17) is 10.5 Å². The maximum Gasteiger partial charge on any atom is 0.133 e. The quantitative estimate of drug-likeness (QED) is 0.824. The normalized spacial score (nSPS) is 13.6. The van der Waals surface area contributed by atoms with Crippen LogP contribution >= 0.6 is 15.9 Å². The van der Waals surface area contributed by atoms with Crippen LogP contribution in [0.25, 0.3) is 0 Å². The van der Waals surface area contributed by atoms with Crippen molar-refractivity contribution in [2.45, 2.75) is 44.7 Å². The summed E-state index contributed by atoms with van der Waals surface area (Å²) in [6.07, 6.45) is 2.96. The fourth-order valence-electron chi connectivity index (χ4n) is 3.02.